The van der Waals surface area contributed by atoms with Gasteiger partial charge in [0.25, 0.3) is 0 Å². The highest BCUT2D eigenvalue weighted by Crippen LogP contribution is 2.37. The Kier molecular flexibility index (Phi) is 6.63. The second-order valence-electron chi connectivity index (χ2n) is 5.57. The Morgan fingerprint density at radius 3 is 2.62 bits per heavy atom. The first-order valence-corrected chi connectivity index (χ1v) is 10.6. The van der Waals surface area contributed by atoms with Gasteiger partial charge in [0.05, 0.1) is 27.0 Å². The average molecular weight is 460 g/mol. The molecule has 0 atom stereocenters. The Morgan fingerprint density at radius 1 is 1.21 bits per heavy atom. The number of pyridine rings is 1. The molecule has 144 valence electrons. The smallest absolute Gasteiger partial charge is 0.234 e. The SMILES string of the molecule is N#Cc1c(N)nc(SCC(=O)Nc2cccc(Cl)c2Cl)c(C#N)c1-c1cccs1. The lowest BCUT2D eigenvalue weighted by atomic mass is 10.0. The number of nitrogens with zero attached hydrogens (tertiary/aromatic N) is 3. The molecule has 0 saturated heterocycles. The summed E-state index contributed by atoms with van der Waals surface area (Å²) < 4.78 is 0. The molecule has 6 nitrogen and oxygen atoms in total. The molecule has 29 heavy (non-hydrogen) atoms. The van der Waals surface area contributed by atoms with Gasteiger partial charge in [-0.05, 0) is 23.6 Å². The number of benzene rings is 1. The number of halogens is 2. The van der Waals surface area contributed by atoms with E-state index in [2.05, 4.69) is 16.4 Å². The number of rotatable bonds is 5. The molecule has 0 aliphatic heterocycles. The van der Waals surface area contributed by atoms with Gasteiger partial charge in [-0.15, -0.1) is 11.3 Å². The minimum atomic E-state index is -0.356. The molecule has 2 heterocycles. The molecule has 0 saturated carbocycles. The number of hydrogen-bond acceptors (Lipinski definition) is 7. The summed E-state index contributed by atoms with van der Waals surface area (Å²) in [6.45, 7) is 0. The van der Waals surface area contributed by atoms with E-state index in [-0.39, 0.29) is 38.7 Å². The van der Waals surface area contributed by atoms with Gasteiger partial charge in [-0.3, -0.25) is 4.79 Å². The van der Waals surface area contributed by atoms with Crippen LogP contribution in [0, 0.1) is 22.7 Å². The maximum atomic E-state index is 12.3. The van der Waals surface area contributed by atoms with E-state index in [0.717, 1.165) is 16.6 Å². The monoisotopic (exact) mass is 459 g/mol. The first-order chi connectivity index (χ1) is 14.0. The largest absolute Gasteiger partial charge is 0.383 e. The van der Waals surface area contributed by atoms with E-state index in [1.807, 2.05) is 17.5 Å². The number of anilines is 2. The summed E-state index contributed by atoms with van der Waals surface area (Å²) in [6.07, 6.45) is 0. The maximum absolute atomic E-state index is 12.3. The van der Waals surface area contributed by atoms with E-state index in [1.54, 1.807) is 24.3 Å². The number of hydrogen-bond donors (Lipinski definition) is 2. The minimum Gasteiger partial charge on any atom is -0.383 e. The van der Waals surface area contributed by atoms with Crippen LogP contribution in [0.5, 0.6) is 0 Å². The van der Waals surface area contributed by atoms with Gasteiger partial charge in [-0.2, -0.15) is 10.5 Å². The molecule has 1 aromatic carbocycles. The van der Waals surface area contributed by atoms with Crippen LogP contribution in [-0.2, 0) is 4.79 Å². The second-order valence-corrected chi connectivity index (χ2v) is 8.26. The lowest BCUT2D eigenvalue weighted by Crippen LogP contribution is -2.15. The van der Waals surface area contributed by atoms with Crippen molar-refractivity contribution in [3.05, 3.63) is 56.9 Å². The Labute approximate surface area is 184 Å². The van der Waals surface area contributed by atoms with Crippen LogP contribution in [0.25, 0.3) is 10.4 Å². The van der Waals surface area contributed by atoms with Crippen molar-refractivity contribution in [3.8, 4) is 22.6 Å². The number of nitrogen functional groups attached to an aromatic ring is 1. The van der Waals surface area contributed by atoms with Gasteiger partial charge in [-0.25, -0.2) is 4.98 Å². The highest BCUT2D eigenvalue weighted by atomic mass is 35.5. The van der Waals surface area contributed by atoms with Gasteiger partial charge < -0.3 is 11.1 Å². The maximum Gasteiger partial charge on any atom is 0.234 e. The van der Waals surface area contributed by atoms with Crippen molar-refractivity contribution in [2.45, 2.75) is 5.03 Å². The number of nitrogens with one attached hydrogen (secondary N) is 1. The summed E-state index contributed by atoms with van der Waals surface area (Å²) in [5.74, 6) is -0.388. The van der Waals surface area contributed by atoms with E-state index < -0.39 is 0 Å². The fourth-order valence-corrected chi connectivity index (χ4v) is 4.42. The van der Waals surface area contributed by atoms with E-state index in [0.29, 0.717) is 16.3 Å². The molecule has 10 heteroatoms. The van der Waals surface area contributed by atoms with Gasteiger partial charge in [-0.1, -0.05) is 47.1 Å². The molecule has 1 amide bonds. The van der Waals surface area contributed by atoms with E-state index in [9.17, 15) is 15.3 Å². The highest BCUT2D eigenvalue weighted by molar-refractivity contribution is 8.00. The van der Waals surface area contributed by atoms with Crippen LogP contribution in [-0.4, -0.2) is 16.6 Å². The quantitative estimate of drug-likeness (QED) is 0.508. The molecule has 0 aliphatic rings. The van der Waals surface area contributed by atoms with Crippen molar-refractivity contribution in [3.63, 3.8) is 0 Å². The molecule has 0 unspecified atom stereocenters. The number of nitrogens with two attached hydrogens (primary N) is 1. The van der Waals surface area contributed by atoms with E-state index >= 15 is 0 Å². The number of thioether (sulfide) groups is 1. The first-order valence-electron chi connectivity index (χ1n) is 8.00. The third-order valence-corrected chi connectivity index (χ3v) is 6.43. The van der Waals surface area contributed by atoms with Gasteiger partial charge in [0.1, 0.15) is 28.5 Å². The summed E-state index contributed by atoms with van der Waals surface area (Å²) in [5.41, 5.74) is 7.11. The van der Waals surface area contributed by atoms with E-state index in [1.165, 1.54) is 11.3 Å². The lowest BCUT2D eigenvalue weighted by Gasteiger charge is -2.12. The van der Waals surface area contributed by atoms with Crippen LogP contribution in [0.15, 0.2) is 40.7 Å². The molecule has 0 bridgehead atoms. The zero-order chi connectivity index (χ0) is 21.0. The predicted molar refractivity (Wildman–Crippen MR) is 117 cm³/mol. The van der Waals surface area contributed by atoms with Crippen LogP contribution >= 0.6 is 46.3 Å². The number of carbonyl (C=O) groups excluding carboxylic acids is 1. The van der Waals surface area contributed by atoms with Gasteiger partial charge in [0, 0.05) is 10.4 Å². The topological polar surface area (TPSA) is 116 Å². The average Bonchev–Trinajstić information content (AvgIpc) is 3.23. The number of amides is 1. The number of nitriles is 2. The predicted octanol–water partition coefficient (Wildman–Crippen LogP) is 5.17. The number of thiophene rings is 1. The molecule has 3 aromatic rings. The van der Waals surface area contributed by atoms with Crippen LogP contribution in [0.2, 0.25) is 10.0 Å². The van der Waals surface area contributed by atoms with Crippen molar-refractivity contribution in [2.75, 3.05) is 16.8 Å². The molecule has 3 N–H and O–H groups in total. The molecule has 0 aliphatic carbocycles. The van der Waals surface area contributed by atoms with Crippen LogP contribution < -0.4 is 11.1 Å². The Hall–Kier alpha value is -2.75. The van der Waals surface area contributed by atoms with Crippen LogP contribution in [0.3, 0.4) is 0 Å². The fraction of sp³-hybridized carbons (Fsp3) is 0.0526. The zero-order valence-electron chi connectivity index (χ0n) is 14.6. The van der Waals surface area contributed by atoms with Crippen molar-refractivity contribution in [1.29, 1.82) is 10.5 Å². The number of aromatic nitrogens is 1. The Bertz CT molecular complexity index is 1170. The number of carbonyl (C=O) groups is 1. The van der Waals surface area contributed by atoms with Crippen molar-refractivity contribution in [2.24, 2.45) is 0 Å². The van der Waals surface area contributed by atoms with Gasteiger partial charge in [0.15, 0.2) is 0 Å². The lowest BCUT2D eigenvalue weighted by molar-refractivity contribution is -0.113. The summed E-state index contributed by atoms with van der Waals surface area (Å²) in [6, 6.07) is 12.6. The Balaban J connectivity index is 1.88. The molecule has 0 fully saturated rings. The summed E-state index contributed by atoms with van der Waals surface area (Å²) in [4.78, 5) is 17.2. The van der Waals surface area contributed by atoms with Crippen molar-refractivity contribution in [1.82, 2.24) is 4.98 Å². The normalized spacial score (nSPS) is 10.2. The second kappa shape index (κ2) is 9.17. The summed E-state index contributed by atoms with van der Waals surface area (Å²) >= 11 is 14.5. The first kappa shape index (κ1) is 21.0. The third-order valence-electron chi connectivity index (χ3n) is 3.75. The third kappa shape index (κ3) is 4.47. The summed E-state index contributed by atoms with van der Waals surface area (Å²) in [7, 11) is 0. The van der Waals surface area contributed by atoms with Crippen molar-refractivity contribution >= 4 is 63.7 Å². The molecular formula is C19H11Cl2N5OS2. The fourth-order valence-electron chi connectivity index (χ4n) is 2.49. The molecule has 3 rings (SSSR count). The highest BCUT2D eigenvalue weighted by Gasteiger charge is 2.21. The van der Waals surface area contributed by atoms with Crippen LogP contribution in [0.4, 0.5) is 11.5 Å². The van der Waals surface area contributed by atoms with Crippen molar-refractivity contribution < 1.29 is 4.79 Å². The van der Waals surface area contributed by atoms with Gasteiger partial charge >= 0.3 is 0 Å². The molecule has 0 radical (unpaired) electrons. The summed E-state index contributed by atoms with van der Waals surface area (Å²) in [5, 5.41) is 24.5. The van der Waals surface area contributed by atoms with E-state index in [4.69, 9.17) is 28.9 Å². The molecule has 2 aromatic heterocycles. The molecular weight excluding hydrogens is 449 g/mol. The molecule has 0 spiro atoms. The van der Waals surface area contributed by atoms with Gasteiger partial charge in [0.2, 0.25) is 5.91 Å². The minimum absolute atomic E-state index is 0.00990. The van der Waals surface area contributed by atoms with Crippen LogP contribution in [0.1, 0.15) is 11.1 Å². The Morgan fingerprint density at radius 2 is 1.97 bits per heavy atom. The standard InChI is InChI=1S/C19H11Cl2N5OS2/c20-12-3-1-4-13(17(12)21)25-15(27)9-29-19-11(8-23)16(14-5-2-6-28-14)10(7-22)18(24)26-19/h1-6H,9H2,(H2,24,26)(H,25,27). The zero-order valence-corrected chi connectivity index (χ0v) is 17.7.